The molecular formula is C15H22Br2. The molecule has 0 spiro atoms. The van der Waals surface area contributed by atoms with Crippen molar-refractivity contribution in [3.8, 4) is 0 Å². The molecule has 0 bridgehead atoms. The lowest BCUT2D eigenvalue weighted by Crippen LogP contribution is -2.29. The average Bonchev–Trinajstić information content (AvgIpc) is 2.27. The zero-order chi connectivity index (χ0) is 13.1. The summed E-state index contributed by atoms with van der Waals surface area (Å²) in [6.07, 6.45) is 2.31. The van der Waals surface area contributed by atoms with Gasteiger partial charge in [0.25, 0.3) is 0 Å². The second-order valence-electron chi connectivity index (χ2n) is 5.64. The summed E-state index contributed by atoms with van der Waals surface area (Å²) < 4.78 is 0.186. The first-order valence-corrected chi connectivity index (χ1v) is 8.06. The highest BCUT2D eigenvalue weighted by Crippen LogP contribution is 2.39. The summed E-state index contributed by atoms with van der Waals surface area (Å²) in [4.78, 5) is 0. The highest BCUT2D eigenvalue weighted by atomic mass is 79.9. The van der Waals surface area contributed by atoms with Crippen molar-refractivity contribution in [2.75, 3.05) is 0 Å². The molecule has 2 heteroatoms. The summed E-state index contributed by atoms with van der Waals surface area (Å²) in [6, 6.07) is 9.00. The van der Waals surface area contributed by atoms with Crippen molar-refractivity contribution >= 4 is 31.9 Å². The summed E-state index contributed by atoms with van der Waals surface area (Å²) in [5.74, 6) is 0. The Balaban J connectivity index is 2.99. The Morgan fingerprint density at radius 3 is 1.94 bits per heavy atom. The van der Waals surface area contributed by atoms with Gasteiger partial charge in [0.05, 0.1) is 0 Å². The van der Waals surface area contributed by atoms with E-state index < -0.39 is 0 Å². The minimum absolute atomic E-state index is 0.186. The highest BCUT2D eigenvalue weighted by Gasteiger charge is 2.30. The van der Waals surface area contributed by atoms with Gasteiger partial charge in [-0.1, -0.05) is 83.8 Å². The van der Waals surface area contributed by atoms with Gasteiger partial charge in [-0.05, 0) is 29.4 Å². The first kappa shape index (κ1) is 15.2. The van der Waals surface area contributed by atoms with Crippen LogP contribution in [-0.4, -0.2) is 4.32 Å². The molecule has 0 aromatic heterocycles. The fourth-order valence-electron chi connectivity index (χ4n) is 2.36. The van der Waals surface area contributed by atoms with Crippen LogP contribution in [-0.2, 0) is 10.7 Å². The van der Waals surface area contributed by atoms with Crippen LogP contribution in [0.4, 0.5) is 0 Å². The molecule has 0 N–H and O–H groups in total. The largest absolute Gasteiger partial charge is 0.0876 e. The van der Waals surface area contributed by atoms with Crippen LogP contribution in [0.5, 0.6) is 0 Å². The van der Waals surface area contributed by atoms with Gasteiger partial charge in [0, 0.05) is 9.65 Å². The van der Waals surface area contributed by atoms with Crippen molar-refractivity contribution in [3.63, 3.8) is 0 Å². The summed E-state index contributed by atoms with van der Waals surface area (Å²) in [5, 5.41) is 0.931. The summed E-state index contributed by atoms with van der Waals surface area (Å²) in [6.45, 7) is 9.12. The van der Waals surface area contributed by atoms with Crippen molar-refractivity contribution in [1.82, 2.24) is 0 Å². The zero-order valence-corrected chi connectivity index (χ0v) is 14.4. The second-order valence-corrected chi connectivity index (χ2v) is 8.35. The van der Waals surface area contributed by atoms with E-state index in [-0.39, 0.29) is 9.74 Å². The van der Waals surface area contributed by atoms with Crippen LogP contribution in [0.25, 0.3) is 0 Å². The predicted molar refractivity (Wildman–Crippen MR) is 84.3 cm³/mol. The minimum Gasteiger partial charge on any atom is -0.0876 e. The normalized spacial score (nSPS) is 15.6. The van der Waals surface area contributed by atoms with Crippen molar-refractivity contribution in [2.45, 2.75) is 55.6 Å². The van der Waals surface area contributed by atoms with Gasteiger partial charge in [-0.3, -0.25) is 0 Å². The van der Waals surface area contributed by atoms with Crippen LogP contribution in [0.3, 0.4) is 0 Å². The van der Waals surface area contributed by atoms with Crippen LogP contribution in [0.15, 0.2) is 24.3 Å². The van der Waals surface area contributed by atoms with Gasteiger partial charge in [-0.2, -0.15) is 0 Å². The van der Waals surface area contributed by atoms with Gasteiger partial charge in [0.1, 0.15) is 0 Å². The molecule has 0 aliphatic rings. The monoisotopic (exact) mass is 360 g/mol. The topological polar surface area (TPSA) is 0 Å². The lowest BCUT2D eigenvalue weighted by molar-refractivity contribution is 0.381. The molecule has 0 nitrogen and oxygen atoms in total. The maximum Gasteiger partial charge on any atom is 0.0283 e. The Hall–Kier alpha value is 0.180. The van der Waals surface area contributed by atoms with E-state index in [1.165, 1.54) is 11.1 Å². The quantitative estimate of drug-likeness (QED) is 0.580. The van der Waals surface area contributed by atoms with Gasteiger partial charge in [-0.25, -0.2) is 0 Å². The summed E-state index contributed by atoms with van der Waals surface area (Å²) >= 11 is 7.26. The lowest BCUT2D eigenvalue weighted by Gasteiger charge is -2.34. The molecule has 1 unspecified atom stereocenters. The number of halogens is 2. The first-order valence-electron chi connectivity index (χ1n) is 6.15. The van der Waals surface area contributed by atoms with Gasteiger partial charge >= 0.3 is 0 Å². The molecule has 0 heterocycles. The van der Waals surface area contributed by atoms with E-state index >= 15 is 0 Å². The Morgan fingerprint density at radius 1 is 1.06 bits per heavy atom. The zero-order valence-electron chi connectivity index (χ0n) is 11.2. The van der Waals surface area contributed by atoms with E-state index in [0.29, 0.717) is 0 Å². The first-order chi connectivity index (χ1) is 7.80. The van der Waals surface area contributed by atoms with Crippen LogP contribution in [0.1, 0.15) is 51.7 Å². The maximum absolute atomic E-state index is 3.77. The Kier molecular flexibility index (Phi) is 5.27. The van der Waals surface area contributed by atoms with E-state index in [1.807, 2.05) is 0 Å². The smallest absolute Gasteiger partial charge is 0.0283 e. The number of benzene rings is 1. The molecule has 0 amide bonds. The van der Waals surface area contributed by atoms with E-state index in [4.69, 9.17) is 0 Å². The number of alkyl halides is 2. The summed E-state index contributed by atoms with van der Waals surface area (Å²) in [5.41, 5.74) is 3.03. The van der Waals surface area contributed by atoms with Gasteiger partial charge in [-0.15, -0.1) is 0 Å². The molecule has 0 saturated heterocycles. The van der Waals surface area contributed by atoms with Crippen molar-refractivity contribution in [3.05, 3.63) is 35.4 Å². The molecule has 1 aromatic rings. The summed E-state index contributed by atoms with van der Waals surface area (Å²) in [7, 11) is 0. The second kappa shape index (κ2) is 5.88. The third-order valence-corrected chi connectivity index (χ3v) is 4.32. The molecule has 0 saturated carbocycles. The van der Waals surface area contributed by atoms with Gasteiger partial charge in [0.15, 0.2) is 0 Å². The minimum atomic E-state index is 0.186. The predicted octanol–water partition coefficient (Wildman–Crippen LogP) is 5.81. The highest BCUT2D eigenvalue weighted by molar-refractivity contribution is 9.10. The van der Waals surface area contributed by atoms with E-state index in [1.54, 1.807) is 0 Å². The SMILES string of the molecule is CCC(C)(CC(C)(C)Br)c1ccc(CBr)cc1. The third kappa shape index (κ3) is 4.40. The van der Waals surface area contributed by atoms with Crippen LogP contribution in [0, 0.1) is 0 Å². The molecule has 0 fully saturated rings. The average molecular weight is 362 g/mol. The molecule has 0 aliphatic carbocycles. The molecule has 1 aromatic carbocycles. The van der Waals surface area contributed by atoms with E-state index in [2.05, 4.69) is 83.8 Å². The lowest BCUT2D eigenvalue weighted by atomic mass is 9.74. The van der Waals surface area contributed by atoms with Crippen LogP contribution in [0.2, 0.25) is 0 Å². The Morgan fingerprint density at radius 2 is 1.59 bits per heavy atom. The molecule has 1 rings (SSSR count). The molecule has 17 heavy (non-hydrogen) atoms. The van der Waals surface area contributed by atoms with E-state index in [9.17, 15) is 0 Å². The van der Waals surface area contributed by atoms with Gasteiger partial charge < -0.3 is 0 Å². The number of hydrogen-bond acceptors (Lipinski definition) is 0. The van der Waals surface area contributed by atoms with Crippen LogP contribution < -0.4 is 0 Å². The molecule has 0 radical (unpaired) electrons. The molecule has 96 valence electrons. The number of hydrogen-bond donors (Lipinski definition) is 0. The fraction of sp³-hybridized carbons (Fsp3) is 0.600. The van der Waals surface area contributed by atoms with E-state index in [0.717, 1.165) is 18.2 Å². The molecule has 0 aliphatic heterocycles. The number of rotatable bonds is 5. The third-order valence-electron chi connectivity index (χ3n) is 3.40. The standard InChI is InChI=1S/C15H22Br2/c1-5-15(4,11-14(2,3)17)13-8-6-12(10-16)7-9-13/h6-9H,5,10-11H2,1-4H3. The Labute approximate surface area is 122 Å². The Bertz CT molecular complexity index is 348. The molecular weight excluding hydrogens is 340 g/mol. The fourth-order valence-corrected chi connectivity index (χ4v) is 3.35. The van der Waals surface area contributed by atoms with Gasteiger partial charge in [0.2, 0.25) is 0 Å². The van der Waals surface area contributed by atoms with Crippen molar-refractivity contribution in [2.24, 2.45) is 0 Å². The molecule has 1 atom stereocenters. The van der Waals surface area contributed by atoms with Crippen molar-refractivity contribution < 1.29 is 0 Å². The maximum atomic E-state index is 3.77. The van der Waals surface area contributed by atoms with Crippen LogP contribution >= 0.6 is 31.9 Å². The van der Waals surface area contributed by atoms with Crippen molar-refractivity contribution in [1.29, 1.82) is 0 Å².